The van der Waals surface area contributed by atoms with Gasteiger partial charge in [-0.2, -0.15) is 0 Å². The molecule has 1 N–H and O–H groups in total. The molecule has 0 bridgehead atoms. The topological polar surface area (TPSA) is 76.2 Å². The maximum Gasteiger partial charge on any atom is 0.321 e. The summed E-state index contributed by atoms with van der Waals surface area (Å²) in [5.41, 5.74) is 1.08. The van der Waals surface area contributed by atoms with Gasteiger partial charge in [0.15, 0.2) is 0 Å². The summed E-state index contributed by atoms with van der Waals surface area (Å²) < 4.78 is 0. The molecule has 3 fully saturated rings. The lowest BCUT2D eigenvalue weighted by atomic mass is 9.68. The van der Waals surface area contributed by atoms with Gasteiger partial charge in [0.1, 0.15) is 6.54 Å². The van der Waals surface area contributed by atoms with Crippen LogP contribution in [0.5, 0.6) is 0 Å². The minimum atomic E-state index is -0.220. The van der Waals surface area contributed by atoms with E-state index >= 15 is 0 Å². The van der Waals surface area contributed by atoms with Gasteiger partial charge in [0, 0.05) is 45.7 Å². The van der Waals surface area contributed by atoms with Gasteiger partial charge in [0.05, 0.1) is 5.54 Å². The highest BCUT2D eigenvalue weighted by Gasteiger charge is 2.55. The predicted molar refractivity (Wildman–Crippen MR) is 140 cm³/mol. The Hall–Kier alpha value is -2.61. The summed E-state index contributed by atoms with van der Waals surface area (Å²) in [6.45, 7) is 1.74. The van der Waals surface area contributed by atoms with Crippen LogP contribution < -0.4 is 5.32 Å². The second kappa shape index (κ2) is 10.8. The highest BCUT2D eigenvalue weighted by atomic mass is 16.2. The number of nitrogens with zero attached hydrogens (tertiary/aromatic N) is 4. The van der Waals surface area contributed by atoms with Crippen LogP contribution in [0.4, 0.5) is 4.79 Å². The Kier molecular flexibility index (Phi) is 7.93. The van der Waals surface area contributed by atoms with Crippen molar-refractivity contribution in [3.8, 4) is 0 Å². The molecule has 8 heteroatoms. The van der Waals surface area contributed by atoms with E-state index in [9.17, 15) is 14.4 Å². The van der Waals surface area contributed by atoms with E-state index in [4.69, 9.17) is 0 Å². The van der Waals surface area contributed by atoms with E-state index in [0.29, 0.717) is 12.5 Å². The lowest BCUT2D eigenvalue weighted by Crippen LogP contribution is -2.56. The van der Waals surface area contributed by atoms with Crippen LogP contribution in [0.15, 0.2) is 30.3 Å². The molecule has 0 aromatic heterocycles. The molecule has 1 aromatic carbocycles. The fourth-order valence-corrected chi connectivity index (χ4v) is 6.27. The monoisotopic (exact) mass is 497 g/mol. The minimum Gasteiger partial charge on any atom is -0.354 e. The summed E-state index contributed by atoms with van der Waals surface area (Å²) in [6.07, 6.45) is 7.68. The summed E-state index contributed by atoms with van der Waals surface area (Å²) in [5, 5.41) is 2.83. The molecular weight excluding hydrogens is 454 g/mol. The summed E-state index contributed by atoms with van der Waals surface area (Å²) in [4.78, 5) is 45.9. The largest absolute Gasteiger partial charge is 0.354 e. The van der Waals surface area contributed by atoms with Gasteiger partial charge >= 0.3 is 6.03 Å². The summed E-state index contributed by atoms with van der Waals surface area (Å²) >= 11 is 0. The predicted octanol–water partition coefficient (Wildman–Crippen LogP) is 2.89. The highest BCUT2D eigenvalue weighted by Crippen LogP contribution is 2.49. The first-order chi connectivity index (χ1) is 17.2. The number of rotatable bonds is 9. The van der Waals surface area contributed by atoms with Gasteiger partial charge in [-0.15, -0.1) is 0 Å². The molecule has 4 amide bonds. The highest BCUT2D eigenvalue weighted by molar-refractivity contribution is 5.86. The molecule has 1 aromatic rings. The zero-order valence-corrected chi connectivity index (χ0v) is 22.5. The third kappa shape index (κ3) is 5.24. The molecule has 1 spiro atoms. The van der Waals surface area contributed by atoms with Crippen molar-refractivity contribution in [2.45, 2.75) is 62.4 Å². The van der Waals surface area contributed by atoms with Crippen LogP contribution in [-0.4, -0.2) is 97.4 Å². The van der Waals surface area contributed by atoms with Crippen molar-refractivity contribution in [2.75, 3.05) is 54.4 Å². The van der Waals surface area contributed by atoms with E-state index in [2.05, 4.69) is 59.5 Å². The van der Waals surface area contributed by atoms with E-state index in [1.807, 2.05) is 0 Å². The number of carbonyl (C=O) groups excluding carboxylic acids is 3. The van der Waals surface area contributed by atoms with Crippen LogP contribution in [0, 0.1) is 5.92 Å². The van der Waals surface area contributed by atoms with Crippen LogP contribution >= 0.6 is 0 Å². The van der Waals surface area contributed by atoms with E-state index in [1.165, 1.54) is 29.7 Å². The Labute approximate surface area is 216 Å². The van der Waals surface area contributed by atoms with Crippen molar-refractivity contribution in [1.82, 2.24) is 24.9 Å². The first kappa shape index (κ1) is 26.5. The van der Waals surface area contributed by atoms with Gasteiger partial charge < -0.3 is 20.0 Å². The Bertz CT molecular complexity index is 936. The number of carbonyl (C=O) groups is 3. The zero-order valence-electron chi connectivity index (χ0n) is 22.5. The molecule has 3 aliphatic rings. The lowest BCUT2D eigenvalue weighted by Gasteiger charge is -2.51. The van der Waals surface area contributed by atoms with Crippen LogP contribution in [0.2, 0.25) is 0 Å². The fourth-order valence-electron chi connectivity index (χ4n) is 6.27. The lowest BCUT2D eigenvalue weighted by molar-refractivity contribution is -0.128. The van der Waals surface area contributed by atoms with Gasteiger partial charge in [-0.3, -0.25) is 14.5 Å². The number of hydrogen-bond donors (Lipinski definition) is 1. The van der Waals surface area contributed by atoms with E-state index in [1.54, 1.807) is 19.0 Å². The summed E-state index contributed by atoms with van der Waals surface area (Å²) in [6, 6.07) is 10.7. The molecule has 0 atom stereocenters. The molecule has 36 heavy (non-hydrogen) atoms. The summed E-state index contributed by atoms with van der Waals surface area (Å²) in [7, 11) is 7.73. The maximum absolute atomic E-state index is 13.6. The molecule has 198 valence electrons. The number of nitrogens with one attached hydrogen (secondary N) is 1. The van der Waals surface area contributed by atoms with Crippen LogP contribution in [0.3, 0.4) is 0 Å². The minimum absolute atomic E-state index is 0.00141. The van der Waals surface area contributed by atoms with Crippen molar-refractivity contribution < 1.29 is 14.4 Å². The van der Waals surface area contributed by atoms with Crippen molar-refractivity contribution in [3.63, 3.8) is 0 Å². The average molecular weight is 498 g/mol. The molecule has 1 saturated heterocycles. The number of benzene rings is 1. The number of urea groups is 1. The normalized spacial score (nSPS) is 26.4. The van der Waals surface area contributed by atoms with Crippen molar-refractivity contribution in [1.29, 1.82) is 0 Å². The van der Waals surface area contributed by atoms with Gasteiger partial charge in [0.2, 0.25) is 11.8 Å². The third-order valence-corrected chi connectivity index (χ3v) is 8.89. The first-order valence-corrected chi connectivity index (χ1v) is 13.4. The molecule has 1 heterocycles. The van der Waals surface area contributed by atoms with Crippen LogP contribution in [0.25, 0.3) is 0 Å². The number of amides is 4. The first-order valence-electron chi connectivity index (χ1n) is 13.4. The molecule has 8 nitrogen and oxygen atoms in total. The van der Waals surface area contributed by atoms with Gasteiger partial charge in [0.25, 0.3) is 0 Å². The van der Waals surface area contributed by atoms with Crippen LogP contribution in [-0.2, 0) is 15.1 Å². The van der Waals surface area contributed by atoms with Crippen LogP contribution in [0.1, 0.15) is 56.9 Å². The van der Waals surface area contributed by atoms with Crippen molar-refractivity contribution in [2.24, 2.45) is 5.92 Å². The maximum atomic E-state index is 13.6. The van der Waals surface area contributed by atoms with Crippen molar-refractivity contribution in [3.05, 3.63) is 35.9 Å². The quantitative estimate of drug-likeness (QED) is 0.569. The van der Waals surface area contributed by atoms with Gasteiger partial charge in [-0.05, 0) is 64.1 Å². The number of hydrogen-bond acceptors (Lipinski definition) is 4. The molecule has 0 unspecified atom stereocenters. The third-order valence-electron chi connectivity index (χ3n) is 8.89. The summed E-state index contributed by atoms with van der Waals surface area (Å²) in [5.74, 6) is 0.354. The van der Waals surface area contributed by atoms with E-state index in [0.717, 1.165) is 32.2 Å². The molecule has 1 aliphatic heterocycles. The molecule has 0 radical (unpaired) electrons. The second-order valence-electron chi connectivity index (χ2n) is 11.5. The standard InChI is InChI=1S/C28H43N5O3/c1-30(2)25(35)13-18-29-24(34)20-32-21-27(33(26(32)36)19-22-9-8-10-22)14-16-28(17-15-27,31(3)4)23-11-6-5-7-12-23/h5-7,11-12,22H,8-10,13-21H2,1-4H3,(H,29,34)/t27-,28-. The smallest absolute Gasteiger partial charge is 0.321 e. The fraction of sp³-hybridized carbons (Fsp3) is 0.679. The molecular formula is C28H43N5O3. The SMILES string of the molecule is CN(C)C(=O)CCNC(=O)CN1C[C@]2(CC[C@@](c3ccccc3)(N(C)C)CC2)N(CC2CCC2)C1=O. The Morgan fingerprint density at radius 2 is 1.69 bits per heavy atom. The molecule has 2 aliphatic carbocycles. The Morgan fingerprint density at radius 1 is 1.03 bits per heavy atom. The molecule has 2 saturated carbocycles. The Balaban J connectivity index is 1.46. The van der Waals surface area contributed by atoms with Gasteiger partial charge in [-0.1, -0.05) is 36.8 Å². The van der Waals surface area contributed by atoms with E-state index in [-0.39, 0.29) is 48.4 Å². The Morgan fingerprint density at radius 3 is 2.25 bits per heavy atom. The molecule has 4 rings (SSSR count). The van der Waals surface area contributed by atoms with Crippen molar-refractivity contribution >= 4 is 17.8 Å². The zero-order chi connectivity index (χ0) is 25.9. The average Bonchev–Trinajstić information content (AvgIpc) is 3.07. The van der Waals surface area contributed by atoms with E-state index < -0.39 is 0 Å². The van der Waals surface area contributed by atoms with Gasteiger partial charge in [-0.25, -0.2) is 4.79 Å². The second-order valence-corrected chi connectivity index (χ2v) is 11.5.